The first-order valence-corrected chi connectivity index (χ1v) is 13.0. The van der Waals surface area contributed by atoms with Gasteiger partial charge in [0.15, 0.2) is 5.96 Å². The van der Waals surface area contributed by atoms with Crippen molar-refractivity contribution in [3.05, 3.63) is 35.9 Å². The summed E-state index contributed by atoms with van der Waals surface area (Å²) in [5, 5.41) is 30.0. The van der Waals surface area contributed by atoms with E-state index >= 15 is 0 Å². The third-order valence-corrected chi connectivity index (χ3v) is 5.76. The van der Waals surface area contributed by atoms with Crippen molar-refractivity contribution in [2.75, 3.05) is 13.2 Å². The van der Waals surface area contributed by atoms with Crippen LogP contribution in [-0.2, 0) is 25.6 Å². The number of hydrogen-bond donors (Lipinski definition) is 8. The molecule has 0 aliphatic rings. The summed E-state index contributed by atoms with van der Waals surface area (Å²) in [6, 6.07) is 4.38. The Labute approximate surface area is 229 Å². The summed E-state index contributed by atoms with van der Waals surface area (Å²) in [6.07, 6.45) is 0.952. The Kier molecular flexibility index (Phi) is 14.5. The van der Waals surface area contributed by atoms with Crippen molar-refractivity contribution in [3.63, 3.8) is 0 Å². The molecule has 0 aliphatic heterocycles. The normalized spacial score (nSPS) is 14.1. The molecule has 0 radical (unpaired) electrons. The van der Waals surface area contributed by atoms with Gasteiger partial charge in [-0.05, 0) is 24.3 Å². The van der Waals surface area contributed by atoms with Crippen molar-refractivity contribution in [3.8, 4) is 0 Å². The zero-order chi connectivity index (χ0) is 29.5. The molecule has 218 valence electrons. The van der Waals surface area contributed by atoms with Crippen molar-refractivity contribution < 1.29 is 29.4 Å². The van der Waals surface area contributed by atoms with Gasteiger partial charge < -0.3 is 42.9 Å². The molecule has 0 saturated carbocycles. The van der Waals surface area contributed by atoms with E-state index in [0.29, 0.717) is 24.9 Å². The van der Waals surface area contributed by atoms with Gasteiger partial charge in [-0.25, -0.2) is 4.79 Å². The maximum absolute atomic E-state index is 13.1. The lowest BCUT2D eigenvalue weighted by Crippen LogP contribution is -2.60. The number of rotatable bonds is 17. The highest BCUT2D eigenvalue weighted by atomic mass is 16.4. The molecule has 0 heterocycles. The summed E-state index contributed by atoms with van der Waals surface area (Å²) >= 11 is 0. The molecule has 13 heteroatoms. The number of guanidine groups is 1. The van der Waals surface area contributed by atoms with Gasteiger partial charge in [-0.1, -0.05) is 58.0 Å². The molecule has 39 heavy (non-hydrogen) atoms. The Morgan fingerprint density at radius 2 is 1.46 bits per heavy atom. The van der Waals surface area contributed by atoms with Crippen LogP contribution in [0, 0.1) is 5.92 Å². The van der Waals surface area contributed by atoms with E-state index in [0.717, 1.165) is 0 Å². The van der Waals surface area contributed by atoms with E-state index in [9.17, 15) is 29.4 Å². The average molecular weight is 550 g/mol. The van der Waals surface area contributed by atoms with E-state index in [1.807, 2.05) is 13.8 Å². The number of carboxylic acid groups (broad SMARTS) is 1. The minimum atomic E-state index is -1.42. The number of aliphatic hydroxyl groups is 1. The Bertz CT molecular complexity index is 967. The first-order chi connectivity index (χ1) is 18.3. The SMILES string of the molecule is CC(C)N[C@@H](CCCN=C(N)N)C(=O)N[C@H](C(=O)N[C@@H](CO)C(=O)N[C@@H](Cc1ccccc1)C(=O)O)C(C)C. The largest absolute Gasteiger partial charge is 0.480 e. The number of nitrogens with two attached hydrogens (primary N) is 2. The molecule has 1 rings (SSSR count). The molecule has 13 nitrogen and oxygen atoms in total. The second-order valence-electron chi connectivity index (χ2n) is 9.89. The second-order valence-corrected chi connectivity index (χ2v) is 9.89. The van der Waals surface area contributed by atoms with Gasteiger partial charge in [0.05, 0.1) is 12.6 Å². The number of nitrogens with zero attached hydrogens (tertiary/aromatic N) is 1. The van der Waals surface area contributed by atoms with Gasteiger partial charge in [0, 0.05) is 19.0 Å². The summed E-state index contributed by atoms with van der Waals surface area (Å²) in [5.41, 5.74) is 11.4. The molecule has 0 spiro atoms. The Morgan fingerprint density at radius 1 is 0.872 bits per heavy atom. The summed E-state index contributed by atoms with van der Waals surface area (Å²) in [6.45, 7) is 6.79. The zero-order valence-corrected chi connectivity index (χ0v) is 23.0. The number of aliphatic imine (C=N–C) groups is 1. The number of carboxylic acids is 1. The molecule has 0 unspecified atom stereocenters. The van der Waals surface area contributed by atoms with E-state index in [1.54, 1.807) is 44.2 Å². The van der Waals surface area contributed by atoms with Gasteiger partial charge in [-0.2, -0.15) is 0 Å². The third kappa shape index (κ3) is 12.6. The molecule has 0 aromatic heterocycles. The second kappa shape index (κ2) is 17.0. The molecule has 1 aromatic carbocycles. The van der Waals surface area contributed by atoms with Gasteiger partial charge in [0.25, 0.3) is 0 Å². The summed E-state index contributed by atoms with van der Waals surface area (Å²) < 4.78 is 0. The van der Waals surface area contributed by atoms with E-state index in [1.165, 1.54) is 0 Å². The fourth-order valence-corrected chi connectivity index (χ4v) is 3.76. The molecule has 1 aromatic rings. The fourth-order valence-electron chi connectivity index (χ4n) is 3.76. The maximum atomic E-state index is 13.1. The molecular weight excluding hydrogens is 506 g/mol. The molecule has 0 saturated heterocycles. The minimum Gasteiger partial charge on any atom is -0.480 e. The highest BCUT2D eigenvalue weighted by molar-refractivity contribution is 5.94. The van der Waals surface area contributed by atoms with E-state index < -0.39 is 54.5 Å². The lowest BCUT2D eigenvalue weighted by atomic mass is 10.0. The van der Waals surface area contributed by atoms with E-state index in [2.05, 4.69) is 26.3 Å². The molecule has 4 atom stereocenters. The number of carbonyl (C=O) groups excluding carboxylic acids is 3. The van der Waals surface area contributed by atoms with Crippen molar-refractivity contribution in [2.45, 2.75) is 77.2 Å². The Morgan fingerprint density at radius 3 is 1.97 bits per heavy atom. The highest BCUT2D eigenvalue weighted by Gasteiger charge is 2.32. The number of aliphatic hydroxyl groups excluding tert-OH is 1. The first-order valence-electron chi connectivity index (χ1n) is 13.0. The van der Waals surface area contributed by atoms with Crippen LogP contribution < -0.4 is 32.7 Å². The predicted molar refractivity (Wildman–Crippen MR) is 147 cm³/mol. The molecule has 0 fully saturated rings. The van der Waals surface area contributed by atoms with Crippen LogP contribution >= 0.6 is 0 Å². The van der Waals surface area contributed by atoms with Crippen molar-refractivity contribution in [1.29, 1.82) is 0 Å². The topological polar surface area (TPSA) is 221 Å². The van der Waals surface area contributed by atoms with Gasteiger partial charge >= 0.3 is 5.97 Å². The molecule has 10 N–H and O–H groups in total. The van der Waals surface area contributed by atoms with E-state index in [-0.39, 0.29) is 24.3 Å². The quantitative estimate of drug-likeness (QED) is 0.0665. The fraction of sp³-hybridized carbons (Fsp3) is 0.577. The number of benzene rings is 1. The van der Waals surface area contributed by atoms with Crippen LogP contribution in [-0.4, -0.2) is 83.2 Å². The van der Waals surface area contributed by atoms with Gasteiger partial charge in [-0.15, -0.1) is 0 Å². The van der Waals surface area contributed by atoms with Crippen LogP contribution in [0.3, 0.4) is 0 Å². The highest BCUT2D eigenvalue weighted by Crippen LogP contribution is 2.07. The molecule has 3 amide bonds. The zero-order valence-electron chi connectivity index (χ0n) is 23.0. The van der Waals surface area contributed by atoms with Crippen molar-refractivity contribution in [2.24, 2.45) is 22.4 Å². The summed E-state index contributed by atoms with van der Waals surface area (Å²) in [7, 11) is 0. The monoisotopic (exact) mass is 549 g/mol. The lowest BCUT2D eigenvalue weighted by molar-refractivity contribution is -0.142. The van der Waals surface area contributed by atoms with Gasteiger partial charge in [0.2, 0.25) is 17.7 Å². The summed E-state index contributed by atoms with van der Waals surface area (Å²) in [5.74, 6) is -3.62. The average Bonchev–Trinajstić information content (AvgIpc) is 2.86. The Balaban J connectivity index is 2.89. The van der Waals surface area contributed by atoms with E-state index in [4.69, 9.17) is 11.5 Å². The number of hydrogen-bond acceptors (Lipinski definition) is 7. The van der Waals surface area contributed by atoms with Gasteiger partial charge in [0.1, 0.15) is 18.1 Å². The van der Waals surface area contributed by atoms with Crippen LogP contribution in [0.25, 0.3) is 0 Å². The standard InChI is InChI=1S/C26H43N7O6/c1-15(2)21(33-22(35)18(30-16(3)4)11-8-12-29-26(27)28)24(37)32-20(14-34)23(36)31-19(25(38)39)13-17-9-6-5-7-10-17/h5-7,9-10,15-16,18-21,30,34H,8,11-14H2,1-4H3,(H,31,36)(H,32,37)(H,33,35)(H,38,39)(H4,27,28,29)/t18-,19-,20-,21-/m0/s1. The van der Waals surface area contributed by atoms with Crippen LogP contribution in [0.2, 0.25) is 0 Å². The number of carbonyl (C=O) groups is 4. The first kappa shape index (κ1) is 33.3. The number of aliphatic carboxylic acids is 1. The Hall–Kier alpha value is -3.71. The van der Waals surface area contributed by atoms with Crippen LogP contribution in [0.1, 0.15) is 46.1 Å². The van der Waals surface area contributed by atoms with Crippen molar-refractivity contribution >= 4 is 29.7 Å². The van der Waals surface area contributed by atoms with Crippen molar-refractivity contribution in [1.82, 2.24) is 21.3 Å². The molecular formula is C26H43N7O6. The summed E-state index contributed by atoms with van der Waals surface area (Å²) in [4.78, 5) is 54.6. The minimum absolute atomic E-state index is 0.0179. The molecule has 0 aliphatic carbocycles. The van der Waals surface area contributed by atoms with Crippen LogP contribution in [0.15, 0.2) is 35.3 Å². The molecule has 0 bridgehead atoms. The maximum Gasteiger partial charge on any atom is 0.326 e. The number of nitrogens with one attached hydrogen (secondary N) is 4. The predicted octanol–water partition coefficient (Wildman–Crippen LogP) is -1.16. The van der Waals surface area contributed by atoms with Crippen LogP contribution in [0.4, 0.5) is 0 Å². The smallest absolute Gasteiger partial charge is 0.326 e. The number of amides is 3. The van der Waals surface area contributed by atoms with Gasteiger partial charge in [-0.3, -0.25) is 19.4 Å². The third-order valence-electron chi connectivity index (χ3n) is 5.76. The lowest BCUT2D eigenvalue weighted by Gasteiger charge is -2.28. The van der Waals surface area contributed by atoms with Crippen LogP contribution in [0.5, 0.6) is 0 Å².